The summed E-state index contributed by atoms with van der Waals surface area (Å²) in [6, 6.07) is 15.5. The van der Waals surface area contributed by atoms with Gasteiger partial charge in [0.1, 0.15) is 11.8 Å². The summed E-state index contributed by atoms with van der Waals surface area (Å²) in [5.41, 5.74) is 1.85. The first kappa shape index (κ1) is 27.7. The Morgan fingerprint density at radius 1 is 1.11 bits per heavy atom. The molecule has 2 aliphatic rings. The lowest BCUT2D eigenvalue weighted by Crippen LogP contribution is -2.49. The minimum atomic E-state index is -0.969. The molecule has 1 amide bonds. The molecule has 2 aromatic carbocycles. The molecule has 38 heavy (non-hydrogen) atoms. The van der Waals surface area contributed by atoms with E-state index in [-0.39, 0.29) is 23.8 Å². The van der Waals surface area contributed by atoms with Crippen LogP contribution < -0.4 is 10.1 Å². The molecule has 7 heteroatoms. The Kier molecular flexibility index (Phi) is 8.42. The Morgan fingerprint density at radius 2 is 1.79 bits per heavy atom. The van der Waals surface area contributed by atoms with E-state index in [4.69, 9.17) is 4.74 Å². The van der Waals surface area contributed by atoms with Gasteiger partial charge in [-0.3, -0.25) is 4.79 Å². The van der Waals surface area contributed by atoms with E-state index in [9.17, 15) is 20.0 Å². The SMILES string of the molecule is COc1ccc(C#N)cc1CN[C@@H]1[C@@H](C(C)(C)C)[C@H](C(=O)O)N(C(=O)C2CCCCC2)[C@@H]1c1ccccc1. The molecule has 1 aliphatic carbocycles. The highest BCUT2D eigenvalue weighted by Gasteiger charge is 2.58. The largest absolute Gasteiger partial charge is 0.496 e. The van der Waals surface area contributed by atoms with Crippen molar-refractivity contribution in [2.45, 2.75) is 77.5 Å². The van der Waals surface area contributed by atoms with Gasteiger partial charge in [0, 0.05) is 30.0 Å². The third-order valence-electron chi connectivity index (χ3n) is 8.21. The number of nitrogens with zero attached hydrogens (tertiary/aromatic N) is 2. The zero-order chi connectivity index (χ0) is 27.4. The van der Waals surface area contributed by atoms with E-state index in [1.165, 1.54) is 0 Å². The van der Waals surface area contributed by atoms with Crippen molar-refractivity contribution in [3.8, 4) is 11.8 Å². The first-order valence-corrected chi connectivity index (χ1v) is 13.6. The average Bonchev–Trinajstić information content (AvgIpc) is 3.28. The summed E-state index contributed by atoms with van der Waals surface area (Å²) >= 11 is 0. The molecule has 4 atom stereocenters. The molecular formula is C31H39N3O4. The van der Waals surface area contributed by atoms with Crippen LogP contribution in [0.2, 0.25) is 0 Å². The Bertz CT molecular complexity index is 1180. The summed E-state index contributed by atoms with van der Waals surface area (Å²) in [6.07, 6.45) is 4.72. The van der Waals surface area contributed by atoms with Gasteiger partial charge in [-0.25, -0.2) is 4.79 Å². The van der Waals surface area contributed by atoms with Crippen LogP contribution in [0.1, 0.15) is 75.6 Å². The summed E-state index contributed by atoms with van der Waals surface area (Å²) in [4.78, 5) is 28.8. The van der Waals surface area contributed by atoms with Crippen LogP contribution in [-0.2, 0) is 16.1 Å². The number of hydrogen-bond acceptors (Lipinski definition) is 5. The number of nitrogens with one attached hydrogen (secondary N) is 1. The van der Waals surface area contributed by atoms with Gasteiger partial charge in [-0.2, -0.15) is 5.26 Å². The standard InChI is InChI=1S/C31H39N3O4/c1-31(2,3)25-26(33-19-23-17-20(18-32)15-16-24(23)38-4)27(21-11-7-5-8-12-21)34(28(25)30(36)37)29(35)22-13-9-6-10-14-22/h5,7-8,11-12,15-17,22,25-28,33H,6,9-10,13-14,19H2,1-4H3,(H,36,37)/t25-,26-,27-,28-/m1/s1. The number of ether oxygens (including phenoxy) is 1. The minimum Gasteiger partial charge on any atom is -0.496 e. The summed E-state index contributed by atoms with van der Waals surface area (Å²) in [7, 11) is 1.59. The van der Waals surface area contributed by atoms with Gasteiger partial charge in [0.25, 0.3) is 0 Å². The van der Waals surface area contributed by atoms with Crippen molar-refractivity contribution in [3.05, 3.63) is 65.2 Å². The van der Waals surface area contributed by atoms with E-state index < -0.39 is 23.5 Å². The van der Waals surface area contributed by atoms with Gasteiger partial charge in [-0.05, 0) is 42.0 Å². The van der Waals surface area contributed by atoms with Gasteiger partial charge in [0.15, 0.2) is 0 Å². The summed E-state index contributed by atoms with van der Waals surface area (Å²) in [5, 5.41) is 23.7. The normalized spacial score (nSPS) is 24.1. The molecule has 0 spiro atoms. The van der Waals surface area contributed by atoms with E-state index in [2.05, 4.69) is 32.2 Å². The number of aliphatic carboxylic acids is 1. The number of carbonyl (C=O) groups excluding carboxylic acids is 1. The number of nitriles is 1. The van der Waals surface area contributed by atoms with E-state index in [1.807, 2.05) is 30.3 Å². The van der Waals surface area contributed by atoms with Crippen LogP contribution in [0.15, 0.2) is 48.5 Å². The predicted molar refractivity (Wildman–Crippen MR) is 145 cm³/mol. The maximum atomic E-state index is 14.2. The lowest BCUT2D eigenvalue weighted by Gasteiger charge is -2.36. The van der Waals surface area contributed by atoms with Crippen LogP contribution in [0.4, 0.5) is 0 Å². The number of likely N-dealkylation sites (tertiary alicyclic amines) is 1. The first-order chi connectivity index (χ1) is 18.2. The lowest BCUT2D eigenvalue weighted by molar-refractivity contribution is -0.154. The van der Waals surface area contributed by atoms with E-state index in [0.29, 0.717) is 17.9 Å². The molecule has 2 fully saturated rings. The molecule has 0 unspecified atom stereocenters. The van der Waals surface area contributed by atoms with Crippen molar-refractivity contribution in [3.63, 3.8) is 0 Å². The second-order valence-electron chi connectivity index (χ2n) is 11.7. The number of hydrogen-bond donors (Lipinski definition) is 2. The van der Waals surface area contributed by atoms with Crippen LogP contribution in [0.3, 0.4) is 0 Å². The van der Waals surface area contributed by atoms with E-state index in [0.717, 1.165) is 43.2 Å². The highest BCUT2D eigenvalue weighted by atomic mass is 16.5. The Morgan fingerprint density at radius 3 is 2.37 bits per heavy atom. The number of methoxy groups -OCH3 is 1. The van der Waals surface area contributed by atoms with Crippen LogP contribution in [-0.4, -0.2) is 41.1 Å². The molecule has 1 saturated heterocycles. The topological polar surface area (TPSA) is 103 Å². The molecule has 1 heterocycles. The van der Waals surface area contributed by atoms with Crippen molar-refractivity contribution >= 4 is 11.9 Å². The molecule has 4 rings (SSSR count). The molecule has 0 aromatic heterocycles. The Labute approximate surface area is 225 Å². The number of carboxylic acids is 1. The molecule has 202 valence electrons. The van der Waals surface area contributed by atoms with E-state index >= 15 is 0 Å². The maximum Gasteiger partial charge on any atom is 0.326 e. The van der Waals surface area contributed by atoms with Gasteiger partial charge in [-0.1, -0.05) is 70.4 Å². The molecule has 7 nitrogen and oxygen atoms in total. The number of rotatable bonds is 7. The second-order valence-corrected chi connectivity index (χ2v) is 11.7. The van der Waals surface area contributed by atoms with Crippen molar-refractivity contribution in [1.29, 1.82) is 5.26 Å². The summed E-state index contributed by atoms with van der Waals surface area (Å²) in [5.74, 6) is -0.869. The van der Waals surface area contributed by atoms with Crippen LogP contribution in [0, 0.1) is 28.6 Å². The molecule has 0 radical (unpaired) electrons. The molecule has 2 N–H and O–H groups in total. The van der Waals surface area contributed by atoms with Crippen LogP contribution in [0.5, 0.6) is 5.75 Å². The fourth-order valence-electron chi connectivity index (χ4n) is 6.50. The highest BCUT2D eigenvalue weighted by Crippen LogP contribution is 2.49. The highest BCUT2D eigenvalue weighted by molar-refractivity contribution is 5.87. The fraction of sp³-hybridized carbons (Fsp3) is 0.516. The molecule has 0 bridgehead atoms. The monoisotopic (exact) mass is 517 g/mol. The second kappa shape index (κ2) is 11.6. The van der Waals surface area contributed by atoms with Crippen molar-refractivity contribution in [1.82, 2.24) is 10.2 Å². The zero-order valence-electron chi connectivity index (χ0n) is 22.8. The molecular weight excluding hydrogens is 478 g/mol. The molecule has 1 aliphatic heterocycles. The smallest absolute Gasteiger partial charge is 0.326 e. The van der Waals surface area contributed by atoms with Crippen molar-refractivity contribution in [2.75, 3.05) is 7.11 Å². The fourth-order valence-corrected chi connectivity index (χ4v) is 6.50. The molecule has 1 saturated carbocycles. The molecule has 2 aromatic rings. The third-order valence-corrected chi connectivity index (χ3v) is 8.21. The number of carbonyl (C=O) groups is 2. The number of amides is 1. The van der Waals surface area contributed by atoms with E-state index in [1.54, 1.807) is 30.2 Å². The maximum absolute atomic E-state index is 14.2. The van der Waals surface area contributed by atoms with Gasteiger partial charge < -0.3 is 20.1 Å². The number of benzene rings is 2. The quantitative estimate of drug-likeness (QED) is 0.516. The first-order valence-electron chi connectivity index (χ1n) is 13.6. The van der Waals surface area contributed by atoms with Gasteiger partial charge >= 0.3 is 5.97 Å². The Balaban J connectivity index is 1.81. The minimum absolute atomic E-state index is 0.0476. The van der Waals surface area contributed by atoms with Crippen molar-refractivity contribution in [2.24, 2.45) is 17.3 Å². The predicted octanol–water partition coefficient (Wildman–Crippen LogP) is 5.30. The van der Waals surface area contributed by atoms with Gasteiger partial charge in [-0.15, -0.1) is 0 Å². The average molecular weight is 518 g/mol. The third kappa shape index (κ3) is 5.56. The summed E-state index contributed by atoms with van der Waals surface area (Å²) < 4.78 is 5.56. The van der Waals surface area contributed by atoms with Crippen LogP contribution >= 0.6 is 0 Å². The van der Waals surface area contributed by atoms with Crippen LogP contribution in [0.25, 0.3) is 0 Å². The van der Waals surface area contributed by atoms with Crippen molar-refractivity contribution < 1.29 is 19.4 Å². The zero-order valence-corrected chi connectivity index (χ0v) is 22.8. The van der Waals surface area contributed by atoms with Gasteiger partial charge in [0.05, 0.1) is 24.8 Å². The Hall–Kier alpha value is -3.37. The summed E-state index contributed by atoms with van der Waals surface area (Å²) in [6.45, 7) is 6.53. The van der Waals surface area contributed by atoms with Gasteiger partial charge in [0.2, 0.25) is 5.91 Å². The lowest BCUT2D eigenvalue weighted by atomic mass is 9.72. The number of carboxylic acid groups (broad SMARTS) is 1.